The maximum atomic E-state index is 13.2. The highest BCUT2D eigenvalue weighted by atomic mass is 35.5. The Morgan fingerprint density at radius 2 is 1.55 bits per heavy atom. The zero-order chi connectivity index (χ0) is 22.6. The number of rotatable bonds is 5. The molecule has 0 fully saturated rings. The van der Waals surface area contributed by atoms with Crippen molar-refractivity contribution < 1.29 is 22.7 Å². The molecular weight excluding hydrogens is 453 g/mol. The van der Waals surface area contributed by atoms with E-state index in [1.165, 1.54) is 24.5 Å². The summed E-state index contributed by atoms with van der Waals surface area (Å²) in [6.07, 6.45) is -1.75. The number of pyridine rings is 1. The van der Waals surface area contributed by atoms with Gasteiger partial charge in [-0.25, -0.2) is 0 Å². The van der Waals surface area contributed by atoms with Gasteiger partial charge in [0.05, 0.1) is 16.8 Å². The average molecular weight is 471 g/mol. The maximum absolute atomic E-state index is 13.2. The van der Waals surface area contributed by atoms with E-state index in [1.54, 1.807) is 18.2 Å². The van der Waals surface area contributed by atoms with Crippen LogP contribution in [0.5, 0.6) is 11.5 Å². The van der Waals surface area contributed by atoms with Crippen LogP contribution in [0.15, 0.2) is 97.3 Å². The van der Waals surface area contributed by atoms with Gasteiger partial charge in [-0.3, -0.25) is 9.78 Å². The van der Waals surface area contributed by atoms with Gasteiger partial charge < -0.3 is 10.1 Å². The number of nitrogens with one attached hydrogen (secondary N) is 1. The molecule has 4 rings (SSSR count). The van der Waals surface area contributed by atoms with Gasteiger partial charge in [0.25, 0.3) is 5.91 Å². The topological polar surface area (TPSA) is 51.2 Å². The minimum absolute atomic E-state index is 0. The Morgan fingerprint density at radius 1 is 0.848 bits per heavy atom. The molecule has 4 nitrogen and oxygen atoms in total. The lowest BCUT2D eigenvalue weighted by atomic mass is 10.1. The van der Waals surface area contributed by atoms with Crippen LogP contribution in [0.4, 0.5) is 18.9 Å². The number of hydrogen-bond acceptors (Lipinski definition) is 3. The highest BCUT2D eigenvalue weighted by Gasteiger charge is 2.31. The molecule has 0 saturated carbocycles. The standard InChI is InChI=1S/C25H17F3N2O2.ClH/c26-25(27,28)20-10-13-23(22(15-20)30-24(31)19-7-4-14-29-16-19)32-21-11-8-18(9-12-21)17-5-2-1-3-6-17;/h1-16H,(H,30,31);1H. The molecule has 0 unspecified atom stereocenters. The van der Waals surface area contributed by atoms with Crippen molar-refractivity contribution >= 4 is 24.0 Å². The van der Waals surface area contributed by atoms with Crippen LogP contribution in [0, 0.1) is 0 Å². The van der Waals surface area contributed by atoms with Crippen LogP contribution >= 0.6 is 12.4 Å². The van der Waals surface area contributed by atoms with E-state index < -0.39 is 17.6 Å². The monoisotopic (exact) mass is 470 g/mol. The second kappa shape index (κ2) is 10.2. The molecule has 0 atom stereocenters. The first kappa shape index (κ1) is 23.8. The fraction of sp³-hybridized carbons (Fsp3) is 0.0400. The maximum Gasteiger partial charge on any atom is 0.416 e. The van der Waals surface area contributed by atoms with E-state index >= 15 is 0 Å². The number of benzene rings is 3. The number of ether oxygens (including phenoxy) is 1. The van der Waals surface area contributed by atoms with Gasteiger partial charge in [-0.05, 0) is 53.6 Å². The van der Waals surface area contributed by atoms with Crippen LogP contribution in [-0.4, -0.2) is 10.9 Å². The predicted molar refractivity (Wildman–Crippen MR) is 123 cm³/mol. The second-order valence-electron chi connectivity index (χ2n) is 6.90. The van der Waals surface area contributed by atoms with Crippen LogP contribution in [0.3, 0.4) is 0 Å². The van der Waals surface area contributed by atoms with Crippen LogP contribution < -0.4 is 10.1 Å². The highest BCUT2D eigenvalue weighted by molar-refractivity contribution is 6.04. The van der Waals surface area contributed by atoms with Gasteiger partial charge in [0.15, 0.2) is 5.75 Å². The van der Waals surface area contributed by atoms with Gasteiger partial charge in [-0.15, -0.1) is 12.4 Å². The Hall–Kier alpha value is -3.84. The van der Waals surface area contributed by atoms with E-state index in [9.17, 15) is 18.0 Å². The number of anilines is 1. The zero-order valence-electron chi connectivity index (χ0n) is 17.0. The molecule has 0 aliphatic heterocycles. The van der Waals surface area contributed by atoms with Gasteiger partial charge >= 0.3 is 6.18 Å². The number of hydrogen-bond donors (Lipinski definition) is 1. The Morgan fingerprint density at radius 3 is 2.18 bits per heavy atom. The molecule has 0 radical (unpaired) electrons. The summed E-state index contributed by atoms with van der Waals surface area (Å²) in [4.78, 5) is 16.3. The van der Waals surface area contributed by atoms with Gasteiger partial charge in [0.2, 0.25) is 0 Å². The highest BCUT2D eigenvalue weighted by Crippen LogP contribution is 2.37. The van der Waals surface area contributed by atoms with Gasteiger partial charge in [0, 0.05) is 12.4 Å². The van der Waals surface area contributed by atoms with Crippen molar-refractivity contribution in [2.24, 2.45) is 0 Å². The Bertz CT molecular complexity index is 1220. The van der Waals surface area contributed by atoms with Crippen molar-refractivity contribution in [1.82, 2.24) is 4.98 Å². The summed E-state index contributed by atoms with van der Waals surface area (Å²) in [5, 5.41) is 2.49. The largest absolute Gasteiger partial charge is 0.455 e. The number of alkyl halides is 3. The fourth-order valence-corrected chi connectivity index (χ4v) is 3.06. The lowest BCUT2D eigenvalue weighted by Crippen LogP contribution is -2.14. The molecule has 0 saturated heterocycles. The zero-order valence-corrected chi connectivity index (χ0v) is 17.9. The molecule has 3 aromatic carbocycles. The number of halogens is 4. The number of amides is 1. The van der Waals surface area contributed by atoms with E-state index in [1.807, 2.05) is 42.5 Å². The fourth-order valence-electron chi connectivity index (χ4n) is 3.06. The lowest BCUT2D eigenvalue weighted by Gasteiger charge is -2.15. The van der Waals surface area contributed by atoms with Gasteiger partial charge in [-0.2, -0.15) is 13.2 Å². The Kier molecular flexibility index (Phi) is 7.35. The molecule has 4 aromatic rings. The van der Waals surface area contributed by atoms with Gasteiger partial charge in [-0.1, -0.05) is 42.5 Å². The number of carbonyl (C=O) groups excluding carboxylic acids is 1. The van der Waals surface area contributed by atoms with E-state index in [0.29, 0.717) is 5.75 Å². The summed E-state index contributed by atoms with van der Waals surface area (Å²) in [5.41, 5.74) is 1.21. The Balaban J connectivity index is 0.00000306. The molecule has 168 valence electrons. The minimum atomic E-state index is -4.57. The molecule has 1 amide bonds. The molecule has 1 N–H and O–H groups in total. The smallest absolute Gasteiger partial charge is 0.416 e. The van der Waals surface area contributed by atoms with E-state index in [2.05, 4.69) is 10.3 Å². The summed E-state index contributed by atoms with van der Waals surface area (Å²) in [5.74, 6) is -0.0919. The molecule has 33 heavy (non-hydrogen) atoms. The molecule has 0 bridgehead atoms. The van der Waals surface area contributed by atoms with Crippen molar-refractivity contribution in [3.8, 4) is 22.6 Å². The average Bonchev–Trinajstić information content (AvgIpc) is 2.81. The third kappa shape index (κ3) is 5.90. The third-order valence-electron chi connectivity index (χ3n) is 4.67. The van der Waals surface area contributed by atoms with E-state index in [0.717, 1.165) is 23.3 Å². The molecule has 0 aliphatic rings. The normalized spacial score (nSPS) is 10.8. The SMILES string of the molecule is Cl.O=C(Nc1cc(C(F)(F)F)ccc1Oc1ccc(-c2ccccc2)cc1)c1cccnc1. The first-order valence-electron chi connectivity index (χ1n) is 9.66. The number of carbonyl (C=O) groups is 1. The second-order valence-corrected chi connectivity index (χ2v) is 6.90. The molecule has 0 aliphatic carbocycles. The van der Waals surface area contributed by atoms with E-state index in [-0.39, 0.29) is 29.4 Å². The summed E-state index contributed by atoms with van der Waals surface area (Å²) in [6, 6.07) is 22.9. The van der Waals surface area contributed by atoms with Crippen LogP contribution in [0.2, 0.25) is 0 Å². The third-order valence-corrected chi connectivity index (χ3v) is 4.67. The van der Waals surface area contributed by atoms with Crippen molar-refractivity contribution in [2.75, 3.05) is 5.32 Å². The molecule has 1 heterocycles. The summed E-state index contributed by atoms with van der Waals surface area (Å²) >= 11 is 0. The van der Waals surface area contributed by atoms with Crippen molar-refractivity contribution in [1.29, 1.82) is 0 Å². The van der Waals surface area contributed by atoms with Crippen LogP contribution in [0.25, 0.3) is 11.1 Å². The van der Waals surface area contributed by atoms with Crippen molar-refractivity contribution in [2.45, 2.75) is 6.18 Å². The molecule has 8 heteroatoms. The molecule has 0 spiro atoms. The van der Waals surface area contributed by atoms with E-state index in [4.69, 9.17) is 4.74 Å². The predicted octanol–water partition coefficient (Wildman–Crippen LogP) is 7.23. The molecule has 1 aromatic heterocycles. The first-order valence-corrected chi connectivity index (χ1v) is 9.66. The van der Waals surface area contributed by atoms with Gasteiger partial charge in [0.1, 0.15) is 5.75 Å². The minimum Gasteiger partial charge on any atom is -0.455 e. The quantitative estimate of drug-likeness (QED) is 0.334. The summed E-state index contributed by atoms with van der Waals surface area (Å²) in [7, 11) is 0. The van der Waals surface area contributed by atoms with Crippen molar-refractivity contribution in [3.05, 3.63) is 108 Å². The summed E-state index contributed by atoms with van der Waals surface area (Å²) in [6.45, 7) is 0. The van der Waals surface area contributed by atoms with Crippen molar-refractivity contribution in [3.63, 3.8) is 0 Å². The van der Waals surface area contributed by atoms with Crippen LogP contribution in [-0.2, 0) is 6.18 Å². The van der Waals surface area contributed by atoms with Crippen LogP contribution in [0.1, 0.15) is 15.9 Å². The summed E-state index contributed by atoms with van der Waals surface area (Å²) < 4.78 is 45.5. The number of nitrogens with zero attached hydrogens (tertiary/aromatic N) is 1. The lowest BCUT2D eigenvalue weighted by molar-refractivity contribution is -0.137. The number of aromatic nitrogens is 1. The first-order chi connectivity index (χ1) is 15.4. The molecular formula is C25H18ClF3N2O2. The Labute approximate surface area is 194 Å².